The lowest BCUT2D eigenvalue weighted by atomic mass is 10.00. The molecule has 1 aromatic carbocycles. The fraction of sp³-hybridized carbons (Fsp3) is 0.167. The van der Waals surface area contributed by atoms with E-state index in [1.807, 2.05) is 0 Å². The van der Waals surface area contributed by atoms with E-state index in [9.17, 15) is 17.6 Å². The normalized spacial score (nSPS) is 13.6. The highest BCUT2D eigenvalue weighted by atomic mass is 32.1. The Balaban J connectivity index is 2.43. The molecule has 0 aliphatic carbocycles. The minimum absolute atomic E-state index is 0.112. The molecular formula is C12H9F4NS. The highest BCUT2D eigenvalue weighted by Gasteiger charge is 2.31. The molecule has 0 fully saturated rings. The molecule has 0 saturated carbocycles. The number of hydrogen-bond donors (Lipinski definition) is 1. The minimum atomic E-state index is -4.58. The number of halogens is 4. The van der Waals surface area contributed by atoms with Crippen molar-refractivity contribution in [3.63, 3.8) is 0 Å². The van der Waals surface area contributed by atoms with Crippen LogP contribution in [0.1, 0.15) is 22.7 Å². The highest BCUT2D eigenvalue weighted by Crippen LogP contribution is 2.32. The van der Waals surface area contributed by atoms with Gasteiger partial charge in [0.2, 0.25) is 0 Å². The molecule has 2 N–H and O–H groups in total. The lowest BCUT2D eigenvalue weighted by molar-refractivity contribution is -0.137. The maximum atomic E-state index is 13.2. The summed E-state index contributed by atoms with van der Waals surface area (Å²) < 4.78 is 50.9. The Bertz CT molecular complexity index is 534. The van der Waals surface area contributed by atoms with Gasteiger partial charge in [-0.1, -0.05) is 0 Å². The molecular weight excluding hydrogens is 266 g/mol. The molecule has 1 atom stereocenters. The average molecular weight is 275 g/mol. The molecule has 0 unspecified atom stereocenters. The van der Waals surface area contributed by atoms with Crippen molar-refractivity contribution >= 4 is 11.3 Å². The molecule has 0 spiro atoms. The zero-order chi connectivity index (χ0) is 13.3. The van der Waals surface area contributed by atoms with Crippen LogP contribution in [0.15, 0.2) is 35.0 Å². The van der Waals surface area contributed by atoms with E-state index >= 15 is 0 Å². The maximum absolute atomic E-state index is 13.2. The zero-order valence-electron chi connectivity index (χ0n) is 9.04. The number of benzene rings is 1. The summed E-state index contributed by atoms with van der Waals surface area (Å²) in [6, 6.07) is 3.31. The number of rotatable bonds is 2. The van der Waals surface area contributed by atoms with Crippen LogP contribution in [0.25, 0.3) is 0 Å². The van der Waals surface area contributed by atoms with Crippen molar-refractivity contribution in [1.82, 2.24) is 0 Å². The molecule has 2 aromatic rings. The van der Waals surface area contributed by atoms with Gasteiger partial charge in [-0.2, -0.15) is 24.5 Å². The first-order valence-corrected chi connectivity index (χ1v) is 5.97. The average Bonchev–Trinajstić information content (AvgIpc) is 2.79. The molecule has 0 radical (unpaired) electrons. The monoisotopic (exact) mass is 275 g/mol. The molecule has 0 bridgehead atoms. The molecule has 1 nitrogen and oxygen atoms in total. The molecule has 96 valence electrons. The topological polar surface area (TPSA) is 26.0 Å². The van der Waals surface area contributed by atoms with Crippen molar-refractivity contribution < 1.29 is 17.6 Å². The third kappa shape index (κ3) is 2.70. The van der Waals surface area contributed by atoms with Gasteiger partial charge in [0.25, 0.3) is 0 Å². The van der Waals surface area contributed by atoms with Crippen LogP contribution in [0.2, 0.25) is 0 Å². The fourth-order valence-corrected chi connectivity index (χ4v) is 2.30. The molecule has 0 aliphatic heterocycles. The van der Waals surface area contributed by atoms with E-state index in [2.05, 4.69) is 0 Å². The minimum Gasteiger partial charge on any atom is -0.320 e. The second kappa shape index (κ2) is 4.70. The lowest BCUT2D eigenvalue weighted by Crippen LogP contribution is -2.14. The van der Waals surface area contributed by atoms with Crippen molar-refractivity contribution in [3.05, 3.63) is 57.5 Å². The largest absolute Gasteiger partial charge is 0.416 e. The summed E-state index contributed by atoms with van der Waals surface area (Å²) in [6.07, 6.45) is -4.58. The van der Waals surface area contributed by atoms with E-state index in [4.69, 9.17) is 5.73 Å². The zero-order valence-corrected chi connectivity index (χ0v) is 9.86. The SMILES string of the molecule is N[C@@H](c1ccsc1)c1cc(F)cc(C(F)(F)F)c1. The molecule has 1 aromatic heterocycles. The Morgan fingerprint density at radius 2 is 1.83 bits per heavy atom. The summed E-state index contributed by atoms with van der Waals surface area (Å²) in [4.78, 5) is 0. The highest BCUT2D eigenvalue weighted by molar-refractivity contribution is 7.08. The van der Waals surface area contributed by atoms with Crippen LogP contribution < -0.4 is 5.73 Å². The molecule has 1 heterocycles. The van der Waals surface area contributed by atoms with E-state index in [1.165, 1.54) is 11.3 Å². The molecule has 18 heavy (non-hydrogen) atoms. The predicted octanol–water partition coefficient (Wildman–Crippen LogP) is 3.95. The summed E-state index contributed by atoms with van der Waals surface area (Å²) in [5.74, 6) is -0.939. The fourth-order valence-electron chi connectivity index (χ4n) is 1.60. The number of hydrogen-bond acceptors (Lipinski definition) is 2. The smallest absolute Gasteiger partial charge is 0.320 e. The van der Waals surface area contributed by atoms with Crippen LogP contribution in [-0.2, 0) is 6.18 Å². The van der Waals surface area contributed by atoms with Gasteiger partial charge >= 0.3 is 6.18 Å². The van der Waals surface area contributed by atoms with Gasteiger partial charge in [0, 0.05) is 0 Å². The third-order valence-corrected chi connectivity index (χ3v) is 3.21. The van der Waals surface area contributed by atoms with Gasteiger partial charge < -0.3 is 5.73 Å². The first-order valence-electron chi connectivity index (χ1n) is 5.03. The van der Waals surface area contributed by atoms with Crippen LogP contribution >= 0.6 is 11.3 Å². The van der Waals surface area contributed by atoms with Gasteiger partial charge in [-0.05, 0) is 46.2 Å². The van der Waals surface area contributed by atoms with Crippen LogP contribution in [-0.4, -0.2) is 0 Å². The van der Waals surface area contributed by atoms with Gasteiger partial charge in [0.05, 0.1) is 11.6 Å². The van der Waals surface area contributed by atoms with E-state index in [1.54, 1.807) is 16.8 Å². The van der Waals surface area contributed by atoms with E-state index in [0.29, 0.717) is 11.6 Å². The standard InChI is InChI=1S/C12H9F4NS/c13-10-4-8(3-9(5-10)12(14,15)16)11(17)7-1-2-18-6-7/h1-6,11H,17H2/t11-/m0/s1. The van der Waals surface area contributed by atoms with E-state index in [-0.39, 0.29) is 5.56 Å². The third-order valence-electron chi connectivity index (χ3n) is 2.51. The van der Waals surface area contributed by atoms with Crippen molar-refractivity contribution in [3.8, 4) is 0 Å². The maximum Gasteiger partial charge on any atom is 0.416 e. The van der Waals surface area contributed by atoms with Crippen molar-refractivity contribution in [2.75, 3.05) is 0 Å². The Kier molecular flexibility index (Phi) is 3.41. The Morgan fingerprint density at radius 3 is 2.39 bits per heavy atom. The summed E-state index contributed by atoms with van der Waals surface area (Å²) in [5.41, 5.74) is 5.57. The molecule has 0 amide bonds. The second-order valence-electron chi connectivity index (χ2n) is 3.81. The Labute approximate surface area is 105 Å². The van der Waals surface area contributed by atoms with Crippen molar-refractivity contribution in [2.24, 2.45) is 5.73 Å². The number of alkyl halides is 3. The molecule has 0 saturated heterocycles. The first-order chi connectivity index (χ1) is 8.38. The predicted molar refractivity (Wildman–Crippen MR) is 61.8 cm³/mol. The van der Waals surface area contributed by atoms with Gasteiger partial charge in [0.15, 0.2) is 0 Å². The molecule has 6 heteroatoms. The van der Waals surface area contributed by atoms with Gasteiger partial charge in [-0.3, -0.25) is 0 Å². The van der Waals surface area contributed by atoms with Crippen LogP contribution in [0.5, 0.6) is 0 Å². The molecule has 0 aliphatic rings. The Hall–Kier alpha value is -1.40. The van der Waals surface area contributed by atoms with Crippen molar-refractivity contribution in [2.45, 2.75) is 12.2 Å². The van der Waals surface area contributed by atoms with Crippen LogP contribution in [0, 0.1) is 5.82 Å². The number of thiophene rings is 1. The number of nitrogens with two attached hydrogens (primary N) is 1. The van der Waals surface area contributed by atoms with Gasteiger partial charge in [-0.15, -0.1) is 0 Å². The van der Waals surface area contributed by atoms with E-state index in [0.717, 1.165) is 12.1 Å². The molecule has 2 rings (SSSR count). The quantitative estimate of drug-likeness (QED) is 0.825. The van der Waals surface area contributed by atoms with Gasteiger partial charge in [-0.25, -0.2) is 4.39 Å². The summed E-state index contributed by atoms with van der Waals surface area (Å²) in [5, 5.41) is 3.49. The second-order valence-corrected chi connectivity index (χ2v) is 4.59. The lowest BCUT2D eigenvalue weighted by Gasteiger charge is -2.14. The van der Waals surface area contributed by atoms with Crippen LogP contribution in [0.4, 0.5) is 17.6 Å². The Morgan fingerprint density at radius 1 is 1.11 bits per heavy atom. The van der Waals surface area contributed by atoms with E-state index < -0.39 is 23.6 Å². The first kappa shape index (κ1) is 13.0. The van der Waals surface area contributed by atoms with Gasteiger partial charge in [0.1, 0.15) is 5.82 Å². The summed E-state index contributed by atoms with van der Waals surface area (Å²) in [7, 11) is 0. The van der Waals surface area contributed by atoms with Crippen molar-refractivity contribution in [1.29, 1.82) is 0 Å². The summed E-state index contributed by atoms with van der Waals surface area (Å²) in [6.45, 7) is 0. The van der Waals surface area contributed by atoms with Crippen LogP contribution in [0.3, 0.4) is 0 Å². The summed E-state index contributed by atoms with van der Waals surface area (Å²) >= 11 is 1.38.